The van der Waals surface area contributed by atoms with Crippen LogP contribution in [-0.2, 0) is 0 Å². The van der Waals surface area contributed by atoms with Gasteiger partial charge in [0, 0.05) is 10.0 Å². The van der Waals surface area contributed by atoms with Crippen LogP contribution < -0.4 is 11.5 Å². The van der Waals surface area contributed by atoms with Gasteiger partial charge in [0.05, 0.1) is 0 Å². The molecule has 1 aromatic carbocycles. The average molecular weight is 261 g/mol. The van der Waals surface area contributed by atoms with E-state index in [1.807, 2.05) is 12.1 Å². The van der Waals surface area contributed by atoms with Crippen LogP contribution in [0.1, 0.15) is 24.8 Å². The van der Waals surface area contributed by atoms with Gasteiger partial charge in [-0.15, -0.1) is 0 Å². The van der Waals surface area contributed by atoms with Gasteiger partial charge in [-0.25, -0.2) is 0 Å². The second-order valence-electron chi connectivity index (χ2n) is 4.14. The van der Waals surface area contributed by atoms with E-state index in [4.69, 9.17) is 34.7 Å². The van der Waals surface area contributed by atoms with Gasteiger partial charge in [0.1, 0.15) is 0 Å². The summed E-state index contributed by atoms with van der Waals surface area (Å²) in [4.78, 5) is 0. The SMILES string of the molecule is CC(CC(CN)CN)c1ccc(Cl)cc1Cl. The number of nitrogens with two attached hydrogens (primary N) is 2. The highest BCUT2D eigenvalue weighted by atomic mass is 35.5. The molecule has 1 unspecified atom stereocenters. The third-order valence-corrected chi connectivity index (χ3v) is 3.41. The zero-order chi connectivity index (χ0) is 12.1. The molecule has 0 heterocycles. The Morgan fingerprint density at radius 2 is 1.81 bits per heavy atom. The number of rotatable bonds is 5. The quantitative estimate of drug-likeness (QED) is 0.856. The third-order valence-electron chi connectivity index (χ3n) is 2.85. The molecule has 0 aliphatic rings. The summed E-state index contributed by atoms with van der Waals surface area (Å²) in [5, 5.41) is 1.38. The van der Waals surface area contributed by atoms with E-state index in [1.165, 1.54) is 0 Å². The summed E-state index contributed by atoms with van der Waals surface area (Å²) in [5.74, 6) is 0.698. The Balaban J connectivity index is 2.76. The maximum atomic E-state index is 6.15. The monoisotopic (exact) mass is 260 g/mol. The van der Waals surface area contributed by atoms with Crippen LogP contribution in [0.4, 0.5) is 0 Å². The second-order valence-corrected chi connectivity index (χ2v) is 4.98. The molecule has 1 aromatic rings. The maximum absolute atomic E-state index is 6.15. The first-order valence-corrected chi connectivity index (χ1v) is 6.19. The number of hydrogen-bond acceptors (Lipinski definition) is 2. The van der Waals surface area contributed by atoms with Gasteiger partial charge in [-0.3, -0.25) is 0 Å². The van der Waals surface area contributed by atoms with Crippen molar-refractivity contribution in [3.8, 4) is 0 Å². The first-order valence-electron chi connectivity index (χ1n) is 5.43. The first kappa shape index (κ1) is 13.8. The molecule has 4 heteroatoms. The van der Waals surface area contributed by atoms with Crippen LogP contribution in [0, 0.1) is 5.92 Å². The topological polar surface area (TPSA) is 52.0 Å². The van der Waals surface area contributed by atoms with Gasteiger partial charge >= 0.3 is 0 Å². The minimum absolute atomic E-state index is 0.349. The molecule has 1 rings (SSSR count). The summed E-state index contributed by atoms with van der Waals surface area (Å²) < 4.78 is 0. The van der Waals surface area contributed by atoms with E-state index in [0.29, 0.717) is 35.0 Å². The smallest absolute Gasteiger partial charge is 0.0455 e. The van der Waals surface area contributed by atoms with E-state index in [2.05, 4.69) is 6.92 Å². The molecule has 0 bridgehead atoms. The van der Waals surface area contributed by atoms with Gasteiger partial charge in [0.15, 0.2) is 0 Å². The summed E-state index contributed by atoms with van der Waals surface area (Å²) in [7, 11) is 0. The largest absolute Gasteiger partial charge is 0.330 e. The molecule has 4 N–H and O–H groups in total. The van der Waals surface area contributed by atoms with Crippen molar-refractivity contribution in [3.63, 3.8) is 0 Å². The summed E-state index contributed by atoms with van der Waals surface area (Å²) >= 11 is 12.0. The lowest BCUT2D eigenvalue weighted by molar-refractivity contribution is 0.465. The van der Waals surface area contributed by atoms with Crippen LogP contribution in [0.15, 0.2) is 18.2 Å². The zero-order valence-corrected chi connectivity index (χ0v) is 10.9. The Labute approximate surface area is 107 Å². The fourth-order valence-corrected chi connectivity index (χ4v) is 2.41. The van der Waals surface area contributed by atoms with Crippen LogP contribution in [0.3, 0.4) is 0 Å². The molecule has 0 aromatic heterocycles. The van der Waals surface area contributed by atoms with Crippen LogP contribution >= 0.6 is 23.2 Å². The molecule has 0 amide bonds. The highest BCUT2D eigenvalue weighted by Crippen LogP contribution is 2.30. The van der Waals surface area contributed by atoms with Crippen molar-refractivity contribution >= 4 is 23.2 Å². The fourth-order valence-electron chi connectivity index (χ4n) is 1.82. The predicted octanol–water partition coefficient (Wildman–Crippen LogP) is 3.02. The minimum Gasteiger partial charge on any atom is -0.330 e. The first-order chi connectivity index (χ1) is 7.58. The molecule has 0 fully saturated rings. The molecule has 0 radical (unpaired) electrons. The van der Waals surface area contributed by atoms with Gasteiger partial charge in [-0.2, -0.15) is 0 Å². The predicted molar refractivity (Wildman–Crippen MR) is 71.1 cm³/mol. The Morgan fingerprint density at radius 1 is 1.19 bits per heavy atom. The van der Waals surface area contributed by atoms with Gasteiger partial charge < -0.3 is 11.5 Å². The van der Waals surface area contributed by atoms with E-state index in [1.54, 1.807) is 6.07 Å². The Bertz CT molecular complexity index is 338. The van der Waals surface area contributed by atoms with Crippen molar-refractivity contribution in [2.75, 3.05) is 13.1 Å². The molecule has 2 nitrogen and oxygen atoms in total. The van der Waals surface area contributed by atoms with Crippen molar-refractivity contribution in [3.05, 3.63) is 33.8 Å². The number of hydrogen-bond donors (Lipinski definition) is 2. The Morgan fingerprint density at radius 3 is 2.31 bits per heavy atom. The van der Waals surface area contributed by atoms with Crippen LogP contribution in [0.5, 0.6) is 0 Å². The molecule has 0 aliphatic carbocycles. The van der Waals surface area contributed by atoms with E-state index in [-0.39, 0.29) is 0 Å². The standard InChI is InChI=1S/C12H18Cl2N2/c1-8(4-9(6-15)7-16)11-3-2-10(13)5-12(11)14/h2-3,5,8-9H,4,6-7,15-16H2,1H3. The average Bonchev–Trinajstić information content (AvgIpc) is 2.25. The highest BCUT2D eigenvalue weighted by molar-refractivity contribution is 6.35. The number of benzene rings is 1. The summed E-state index contributed by atoms with van der Waals surface area (Å²) in [6.07, 6.45) is 0.953. The fraction of sp³-hybridized carbons (Fsp3) is 0.500. The van der Waals surface area contributed by atoms with Crippen molar-refractivity contribution in [2.24, 2.45) is 17.4 Å². The van der Waals surface area contributed by atoms with E-state index in [0.717, 1.165) is 12.0 Å². The summed E-state index contributed by atoms with van der Waals surface area (Å²) in [6.45, 7) is 3.37. The zero-order valence-electron chi connectivity index (χ0n) is 9.42. The lowest BCUT2D eigenvalue weighted by Crippen LogP contribution is -2.24. The Kier molecular flexibility index (Phi) is 5.56. The molecule has 16 heavy (non-hydrogen) atoms. The lowest BCUT2D eigenvalue weighted by Gasteiger charge is -2.19. The molecular formula is C12H18Cl2N2. The van der Waals surface area contributed by atoms with Crippen LogP contribution in [0.25, 0.3) is 0 Å². The van der Waals surface area contributed by atoms with Gasteiger partial charge in [-0.05, 0) is 49.0 Å². The van der Waals surface area contributed by atoms with Crippen molar-refractivity contribution in [1.82, 2.24) is 0 Å². The Hall–Kier alpha value is -0.280. The van der Waals surface area contributed by atoms with Crippen molar-refractivity contribution in [1.29, 1.82) is 0 Å². The number of halogens is 2. The highest BCUT2D eigenvalue weighted by Gasteiger charge is 2.14. The van der Waals surface area contributed by atoms with E-state index < -0.39 is 0 Å². The van der Waals surface area contributed by atoms with Gasteiger partial charge in [-0.1, -0.05) is 36.2 Å². The van der Waals surface area contributed by atoms with E-state index in [9.17, 15) is 0 Å². The molecule has 0 saturated carbocycles. The van der Waals surface area contributed by atoms with Crippen LogP contribution in [-0.4, -0.2) is 13.1 Å². The third kappa shape index (κ3) is 3.63. The van der Waals surface area contributed by atoms with E-state index >= 15 is 0 Å². The summed E-state index contributed by atoms with van der Waals surface area (Å²) in [5.41, 5.74) is 12.4. The van der Waals surface area contributed by atoms with Crippen molar-refractivity contribution in [2.45, 2.75) is 19.3 Å². The molecule has 0 spiro atoms. The second kappa shape index (κ2) is 6.45. The molecule has 1 atom stereocenters. The van der Waals surface area contributed by atoms with Crippen LogP contribution in [0.2, 0.25) is 10.0 Å². The molecule has 0 aliphatic heterocycles. The molecule has 90 valence electrons. The minimum atomic E-state index is 0.349. The molecule has 0 saturated heterocycles. The normalized spacial score (nSPS) is 13.1. The molecular weight excluding hydrogens is 243 g/mol. The van der Waals surface area contributed by atoms with Gasteiger partial charge in [0.25, 0.3) is 0 Å². The maximum Gasteiger partial charge on any atom is 0.0455 e. The van der Waals surface area contributed by atoms with Crippen molar-refractivity contribution < 1.29 is 0 Å². The van der Waals surface area contributed by atoms with Gasteiger partial charge in [0.2, 0.25) is 0 Å². The lowest BCUT2D eigenvalue weighted by atomic mass is 9.90. The summed E-state index contributed by atoms with van der Waals surface area (Å²) in [6, 6.07) is 5.60.